The molecule has 2 atom stereocenters. The van der Waals surface area contributed by atoms with Gasteiger partial charge in [-0.1, -0.05) is 6.92 Å². The molecule has 1 aromatic rings. The van der Waals surface area contributed by atoms with Gasteiger partial charge in [0.15, 0.2) is 5.69 Å². The molecule has 8 heteroatoms. The first-order valence-corrected chi connectivity index (χ1v) is 8.37. The van der Waals surface area contributed by atoms with Gasteiger partial charge in [-0.3, -0.25) is 9.89 Å². The molecule has 3 N–H and O–H groups in total. The van der Waals surface area contributed by atoms with Crippen molar-refractivity contribution in [3.8, 4) is 0 Å². The van der Waals surface area contributed by atoms with Crippen LogP contribution in [0.3, 0.4) is 0 Å². The maximum atomic E-state index is 12.6. The molecule has 1 saturated carbocycles. The Morgan fingerprint density at radius 1 is 1.50 bits per heavy atom. The van der Waals surface area contributed by atoms with Crippen molar-refractivity contribution in [3.63, 3.8) is 0 Å². The van der Waals surface area contributed by atoms with Crippen molar-refractivity contribution in [2.75, 3.05) is 6.54 Å². The van der Waals surface area contributed by atoms with Crippen LogP contribution in [-0.2, 0) is 16.4 Å². The Kier molecular flexibility index (Phi) is 3.09. The van der Waals surface area contributed by atoms with Gasteiger partial charge in [0.2, 0.25) is 10.0 Å². The Morgan fingerprint density at radius 2 is 2.25 bits per heavy atom. The van der Waals surface area contributed by atoms with E-state index in [-0.39, 0.29) is 22.5 Å². The normalized spacial score (nSPS) is 25.4. The highest BCUT2D eigenvalue weighted by atomic mass is 32.2. The largest absolute Gasteiger partial charge is 0.334 e. The predicted octanol–water partition coefficient (Wildman–Crippen LogP) is 0.244. The van der Waals surface area contributed by atoms with E-state index >= 15 is 0 Å². The van der Waals surface area contributed by atoms with Crippen LogP contribution in [0.25, 0.3) is 0 Å². The Bertz CT molecular complexity index is 652. The average Bonchev–Trinajstić information content (AvgIpc) is 3.10. The highest BCUT2D eigenvalue weighted by Gasteiger charge is 2.42. The molecular weight excluding hydrogens is 280 g/mol. The molecule has 20 heavy (non-hydrogen) atoms. The molecular formula is C12H18N4O3S. The van der Waals surface area contributed by atoms with Crippen molar-refractivity contribution in [1.82, 2.24) is 15.1 Å². The average molecular weight is 298 g/mol. The van der Waals surface area contributed by atoms with Crippen LogP contribution >= 0.6 is 0 Å². The summed E-state index contributed by atoms with van der Waals surface area (Å²) in [6.07, 6.45) is 3.59. The first-order valence-electron chi connectivity index (χ1n) is 6.82. The van der Waals surface area contributed by atoms with E-state index in [1.807, 2.05) is 0 Å². The third-order valence-corrected chi connectivity index (χ3v) is 5.31. The van der Waals surface area contributed by atoms with E-state index in [1.54, 1.807) is 11.8 Å². The lowest BCUT2D eigenvalue weighted by Crippen LogP contribution is -2.38. The lowest BCUT2D eigenvalue weighted by Gasteiger charge is -2.26. The third kappa shape index (κ3) is 2.03. The summed E-state index contributed by atoms with van der Waals surface area (Å²) in [6, 6.07) is 0.225. The molecule has 2 fully saturated rings. The van der Waals surface area contributed by atoms with Crippen molar-refractivity contribution in [3.05, 3.63) is 11.4 Å². The number of nitrogens with two attached hydrogens (primary N) is 1. The minimum absolute atomic E-state index is 0.0584. The first kappa shape index (κ1) is 13.6. The second-order valence-electron chi connectivity index (χ2n) is 5.57. The third-order valence-electron chi connectivity index (χ3n) is 4.30. The Balaban J connectivity index is 1.98. The quantitative estimate of drug-likeness (QED) is 0.833. The molecule has 110 valence electrons. The number of H-pyrrole nitrogens is 1. The van der Waals surface area contributed by atoms with E-state index in [0.717, 1.165) is 19.3 Å². The minimum atomic E-state index is -3.96. The fourth-order valence-electron chi connectivity index (χ4n) is 3.37. The Labute approximate surface area is 117 Å². The number of primary sulfonamides is 1. The van der Waals surface area contributed by atoms with Crippen LogP contribution in [0.4, 0.5) is 0 Å². The van der Waals surface area contributed by atoms with Crippen molar-refractivity contribution in [2.45, 2.75) is 43.5 Å². The Morgan fingerprint density at radius 3 is 2.75 bits per heavy atom. The molecule has 2 bridgehead atoms. The van der Waals surface area contributed by atoms with Crippen molar-refractivity contribution in [1.29, 1.82) is 0 Å². The summed E-state index contributed by atoms with van der Waals surface area (Å²) in [5.74, 6) is 0.226. The number of fused-ring (bicyclic) bond motifs is 2. The molecule has 0 aromatic carbocycles. The number of amides is 1. The molecule has 7 nitrogen and oxygen atoms in total. The van der Waals surface area contributed by atoms with Crippen LogP contribution in [-0.4, -0.2) is 42.0 Å². The van der Waals surface area contributed by atoms with E-state index in [0.29, 0.717) is 24.6 Å². The molecule has 2 aliphatic rings. The second kappa shape index (κ2) is 4.56. The van der Waals surface area contributed by atoms with Gasteiger partial charge in [-0.2, -0.15) is 5.10 Å². The van der Waals surface area contributed by atoms with E-state index in [4.69, 9.17) is 5.14 Å². The smallest absolute Gasteiger partial charge is 0.276 e. The molecule has 1 aliphatic carbocycles. The van der Waals surface area contributed by atoms with Gasteiger partial charge in [-0.15, -0.1) is 0 Å². The first-order chi connectivity index (χ1) is 9.41. The number of aromatic nitrogens is 2. The summed E-state index contributed by atoms with van der Waals surface area (Å²) >= 11 is 0. The van der Waals surface area contributed by atoms with Crippen LogP contribution in [0.15, 0.2) is 4.90 Å². The number of nitrogens with zero attached hydrogens (tertiary/aromatic N) is 2. The zero-order chi connectivity index (χ0) is 14.5. The van der Waals surface area contributed by atoms with E-state index in [1.165, 1.54) is 0 Å². The highest BCUT2D eigenvalue weighted by Crippen LogP contribution is 2.38. The fraction of sp³-hybridized carbons (Fsp3) is 0.667. The number of carbonyl (C=O) groups excluding carboxylic acids is 1. The number of hydrogen-bond donors (Lipinski definition) is 2. The SMILES string of the molecule is CCc1[nH]nc(C(=O)N2CC3CCC2C3)c1S(N)(=O)=O. The van der Waals surface area contributed by atoms with Crippen LogP contribution in [0.1, 0.15) is 42.4 Å². The lowest BCUT2D eigenvalue weighted by atomic mass is 10.1. The summed E-state index contributed by atoms with van der Waals surface area (Å²) in [5.41, 5.74) is 0.331. The highest BCUT2D eigenvalue weighted by molar-refractivity contribution is 7.89. The number of carbonyl (C=O) groups is 1. The molecule has 0 radical (unpaired) electrons. The number of rotatable bonds is 3. The molecule has 2 heterocycles. The van der Waals surface area contributed by atoms with Gasteiger partial charge in [-0.25, -0.2) is 13.6 Å². The zero-order valence-electron chi connectivity index (χ0n) is 11.3. The predicted molar refractivity (Wildman–Crippen MR) is 71.5 cm³/mol. The van der Waals surface area contributed by atoms with Crippen molar-refractivity contribution in [2.24, 2.45) is 11.1 Å². The van der Waals surface area contributed by atoms with Gasteiger partial charge in [0.25, 0.3) is 5.91 Å². The maximum absolute atomic E-state index is 12.6. The lowest BCUT2D eigenvalue weighted by molar-refractivity contribution is 0.0693. The van der Waals surface area contributed by atoms with Crippen LogP contribution < -0.4 is 5.14 Å². The van der Waals surface area contributed by atoms with Gasteiger partial charge < -0.3 is 4.90 Å². The van der Waals surface area contributed by atoms with Crippen LogP contribution in [0.5, 0.6) is 0 Å². The number of sulfonamides is 1. The van der Waals surface area contributed by atoms with Gasteiger partial charge in [0.1, 0.15) is 4.90 Å². The van der Waals surface area contributed by atoms with E-state index < -0.39 is 10.0 Å². The summed E-state index contributed by atoms with van der Waals surface area (Å²) in [7, 11) is -3.96. The summed E-state index contributed by atoms with van der Waals surface area (Å²) in [6.45, 7) is 2.48. The van der Waals surface area contributed by atoms with Crippen LogP contribution in [0, 0.1) is 5.92 Å². The van der Waals surface area contributed by atoms with Gasteiger partial charge in [-0.05, 0) is 31.6 Å². The number of likely N-dealkylation sites (tertiary alicyclic amines) is 1. The van der Waals surface area contributed by atoms with Gasteiger partial charge in [0.05, 0.1) is 5.69 Å². The summed E-state index contributed by atoms with van der Waals surface area (Å²) < 4.78 is 23.4. The second-order valence-corrected chi connectivity index (χ2v) is 7.07. The number of hydrogen-bond acceptors (Lipinski definition) is 4. The minimum Gasteiger partial charge on any atom is -0.334 e. The molecule has 0 spiro atoms. The molecule has 1 aliphatic heterocycles. The van der Waals surface area contributed by atoms with Gasteiger partial charge in [0, 0.05) is 12.6 Å². The summed E-state index contributed by atoms with van der Waals surface area (Å²) in [5, 5.41) is 11.8. The monoisotopic (exact) mass is 298 g/mol. The molecule has 2 unspecified atom stereocenters. The zero-order valence-corrected chi connectivity index (χ0v) is 12.1. The van der Waals surface area contributed by atoms with Crippen LogP contribution in [0.2, 0.25) is 0 Å². The molecule has 1 saturated heterocycles. The van der Waals surface area contributed by atoms with Gasteiger partial charge >= 0.3 is 0 Å². The van der Waals surface area contributed by atoms with Crippen molar-refractivity contribution < 1.29 is 13.2 Å². The number of aromatic amines is 1. The number of piperidine rings is 1. The topological polar surface area (TPSA) is 109 Å². The summed E-state index contributed by atoms with van der Waals surface area (Å²) in [4.78, 5) is 14.2. The fourth-order valence-corrected chi connectivity index (χ4v) is 4.30. The van der Waals surface area contributed by atoms with Crippen molar-refractivity contribution >= 4 is 15.9 Å². The Hall–Kier alpha value is -1.41. The maximum Gasteiger partial charge on any atom is 0.276 e. The number of nitrogens with one attached hydrogen (secondary N) is 1. The molecule has 1 amide bonds. The standard InChI is InChI=1S/C12H18N4O3S/c1-2-9-11(20(13,18)19)10(15-14-9)12(17)16-6-7-3-4-8(16)5-7/h7-8H,2-6H2,1H3,(H,14,15)(H2,13,18,19). The van der Waals surface area contributed by atoms with E-state index in [2.05, 4.69) is 10.2 Å². The van der Waals surface area contributed by atoms with E-state index in [9.17, 15) is 13.2 Å². The molecule has 3 rings (SSSR count). The molecule has 1 aromatic heterocycles. The number of aryl methyl sites for hydroxylation is 1.